The van der Waals surface area contributed by atoms with E-state index in [1.54, 1.807) is 24.3 Å². The lowest BCUT2D eigenvalue weighted by atomic mass is 10.1. The fourth-order valence-electron chi connectivity index (χ4n) is 1.33. The van der Waals surface area contributed by atoms with Crippen LogP contribution in [-0.4, -0.2) is 14.9 Å². The van der Waals surface area contributed by atoms with E-state index in [0.717, 1.165) is 6.20 Å². The molecule has 0 aliphatic carbocycles. The van der Waals surface area contributed by atoms with Crippen LogP contribution in [0, 0.1) is 21.4 Å². The van der Waals surface area contributed by atoms with Crippen molar-refractivity contribution in [3.8, 4) is 17.5 Å². The first-order valence-corrected chi connectivity index (χ1v) is 4.41. The molecule has 0 saturated heterocycles. The molecule has 6 heteroatoms. The van der Waals surface area contributed by atoms with Gasteiger partial charge in [0.05, 0.1) is 17.2 Å². The highest BCUT2D eigenvalue weighted by Crippen LogP contribution is 2.21. The molecule has 0 aliphatic rings. The minimum Gasteiger partial charge on any atom is -0.358 e. The van der Waals surface area contributed by atoms with E-state index < -0.39 is 4.92 Å². The number of rotatable bonds is 2. The predicted octanol–water partition coefficient (Wildman–Crippen LogP) is 1.86. The Morgan fingerprint density at radius 1 is 1.44 bits per heavy atom. The van der Waals surface area contributed by atoms with Crippen LogP contribution in [0.15, 0.2) is 30.5 Å². The quantitative estimate of drug-likeness (QED) is 0.609. The van der Waals surface area contributed by atoms with Crippen LogP contribution in [0.2, 0.25) is 0 Å². The Balaban J connectivity index is 2.51. The number of nitro groups is 1. The second kappa shape index (κ2) is 3.82. The molecule has 0 saturated carbocycles. The maximum Gasteiger partial charge on any atom is 0.340 e. The van der Waals surface area contributed by atoms with Crippen LogP contribution < -0.4 is 0 Å². The summed E-state index contributed by atoms with van der Waals surface area (Å²) >= 11 is 0. The van der Waals surface area contributed by atoms with Crippen LogP contribution in [0.1, 0.15) is 5.56 Å². The summed E-state index contributed by atoms with van der Waals surface area (Å²) in [5, 5.41) is 19.3. The van der Waals surface area contributed by atoms with E-state index in [1.165, 1.54) is 0 Å². The van der Waals surface area contributed by atoms with Crippen LogP contribution in [-0.2, 0) is 0 Å². The molecule has 78 valence electrons. The van der Waals surface area contributed by atoms with E-state index >= 15 is 0 Å². The third-order valence-electron chi connectivity index (χ3n) is 2.06. The van der Waals surface area contributed by atoms with Crippen LogP contribution in [0.3, 0.4) is 0 Å². The number of benzene rings is 1. The number of H-pyrrole nitrogens is 1. The van der Waals surface area contributed by atoms with Crippen molar-refractivity contribution in [2.24, 2.45) is 0 Å². The highest BCUT2D eigenvalue weighted by molar-refractivity contribution is 5.65. The summed E-state index contributed by atoms with van der Waals surface area (Å²) in [7, 11) is 0. The molecule has 2 aromatic rings. The average Bonchev–Trinajstić information content (AvgIpc) is 2.78. The van der Waals surface area contributed by atoms with Crippen LogP contribution in [0.25, 0.3) is 11.4 Å². The molecule has 1 heterocycles. The average molecular weight is 214 g/mol. The van der Waals surface area contributed by atoms with Crippen LogP contribution in [0.5, 0.6) is 0 Å². The molecule has 0 fully saturated rings. The van der Waals surface area contributed by atoms with Gasteiger partial charge in [0.25, 0.3) is 0 Å². The van der Waals surface area contributed by atoms with Gasteiger partial charge in [0.15, 0.2) is 0 Å². The van der Waals surface area contributed by atoms with Gasteiger partial charge in [0.2, 0.25) is 5.82 Å². The lowest BCUT2D eigenvalue weighted by molar-refractivity contribution is -0.389. The molecular formula is C10H6N4O2. The fraction of sp³-hybridized carbons (Fsp3) is 0. The molecule has 0 atom stereocenters. The SMILES string of the molecule is N#Cc1ccccc1-c1ncc([N+](=O)[O-])[nH]1. The number of hydrogen-bond donors (Lipinski definition) is 1. The number of nitrogens with one attached hydrogen (secondary N) is 1. The van der Waals surface area contributed by atoms with Gasteiger partial charge in [-0.2, -0.15) is 5.26 Å². The van der Waals surface area contributed by atoms with Crippen molar-refractivity contribution in [2.45, 2.75) is 0 Å². The maximum absolute atomic E-state index is 10.5. The smallest absolute Gasteiger partial charge is 0.340 e. The first kappa shape index (κ1) is 9.86. The molecule has 2 rings (SSSR count). The van der Waals surface area contributed by atoms with Gasteiger partial charge in [-0.15, -0.1) is 0 Å². The molecule has 0 spiro atoms. The molecule has 0 aliphatic heterocycles. The van der Waals surface area contributed by atoms with Crippen molar-refractivity contribution >= 4 is 5.82 Å². The second-order valence-electron chi connectivity index (χ2n) is 3.03. The number of imidazole rings is 1. The predicted molar refractivity (Wildman–Crippen MR) is 55.4 cm³/mol. The van der Waals surface area contributed by atoms with E-state index in [2.05, 4.69) is 9.97 Å². The number of aromatic nitrogens is 2. The van der Waals surface area contributed by atoms with Crippen molar-refractivity contribution in [3.63, 3.8) is 0 Å². The van der Waals surface area contributed by atoms with Gasteiger partial charge in [0.1, 0.15) is 6.20 Å². The number of nitriles is 1. The summed E-state index contributed by atoms with van der Waals surface area (Å²) in [6.07, 6.45) is 1.13. The van der Waals surface area contributed by atoms with Crippen molar-refractivity contribution in [2.75, 3.05) is 0 Å². The van der Waals surface area contributed by atoms with E-state index in [4.69, 9.17) is 5.26 Å². The highest BCUT2D eigenvalue weighted by Gasteiger charge is 2.14. The largest absolute Gasteiger partial charge is 0.358 e. The lowest BCUT2D eigenvalue weighted by Gasteiger charge is -1.95. The second-order valence-corrected chi connectivity index (χ2v) is 3.03. The number of hydrogen-bond acceptors (Lipinski definition) is 4. The van der Waals surface area contributed by atoms with Crippen LogP contribution in [0.4, 0.5) is 5.82 Å². The monoisotopic (exact) mass is 214 g/mol. The van der Waals surface area contributed by atoms with Crippen molar-refractivity contribution in [1.29, 1.82) is 5.26 Å². The lowest BCUT2D eigenvalue weighted by Crippen LogP contribution is -1.88. The van der Waals surface area contributed by atoms with Crippen molar-refractivity contribution in [3.05, 3.63) is 46.1 Å². The molecule has 0 unspecified atom stereocenters. The van der Waals surface area contributed by atoms with Gasteiger partial charge in [-0.05, 0) is 17.1 Å². The summed E-state index contributed by atoms with van der Waals surface area (Å²) in [5.41, 5.74) is 0.977. The Morgan fingerprint density at radius 3 is 2.81 bits per heavy atom. The summed E-state index contributed by atoms with van der Waals surface area (Å²) < 4.78 is 0. The van der Waals surface area contributed by atoms with Gasteiger partial charge < -0.3 is 10.1 Å². The summed E-state index contributed by atoms with van der Waals surface area (Å²) in [4.78, 5) is 16.3. The zero-order valence-corrected chi connectivity index (χ0v) is 8.04. The fourth-order valence-corrected chi connectivity index (χ4v) is 1.33. The van der Waals surface area contributed by atoms with E-state index in [9.17, 15) is 10.1 Å². The van der Waals surface area contributed by atoms with E-state index in [0.29, 0.717) is 17.0 Å². The van der Waals surface area contributed by atoms with Gasteiger partial charge in [-0.3, -0.25) is 0 Å². The Kier molecular flexibility index (Phi) is 2.36. The van der Waals surface area contributed by atoms with Gasteiger partial charge in [-0.25, -0.2) is 9.97 Å². The Hall–Kier alpha value is -2.68. The standard InChI is InChI=1S/C10H6N4O2/c11-5-7-3-1-2-4-8(7)10-12-6-9(13-10)14(15)16/h1-4,6H,(H,12,13). The molecule has 0 amide bonds. The Bertz CT molecular complexity index is 583. The maximum atomic E-state index is 10.5. The van der Waals surface area contributed by atoms with Crippen molar-refractivity contribution in [1.82, 2.24) is 9.97 Å². The first-order valence-electron chi connectivity index (χ1n) is 4.41. The Morgan fingerprint density at radius 2 is 2.19 bits per heavy atom. The minimum absolute atomic E-state index is 0.192. The van der Waals surface area contributed by atoms with E-state index in [-0.39, 0.29) is 5.82 Å². The third kappa shape index (κ3) is 1.62. The van der Waals surface area contributed by atoms with Gasteiger partial charge in [0, 0.05) is 0 Å². The normalized spacial score (nSPS) is 9.69. The molecule has 1 N–H and O–H groups in total. The zero-order chi connectivity index (χ0) is 11.5. The van der Waals surface area contributed by atoms with E-state index in [1.807, 2.05) is 6.07 Å². The summed E-state index contributed by atoms with van der Waals surface area (Å²) in [6, 6.07) is 8.78. The first-order chi connectivity index (χ1) is 7.72. The molecule has 1 aromatic carbocycles. The molecule has 0 radical (unpaired) electrons. The summed E-state index contributed by atoms with van der Waals surface area (Å²) in [6.45, 7) is 0. The highest BCUT2D eigenvalue weighted by atomic mass is 16.6. The molecular weight excluding hydrogens is 208 g/mol. The number of nitrogens with zero attached hydrogens (tertiary/aromatic N) is 3. The van der Waals surface area contributed by atoms with Gasteiger partial charge in [-0.1, -0.05) is 12.1 Å². The van der Waals surface area contributed by atoms with Crippen LogP contribution >= 0.6 is 0 Å². The topological polar surface area (TPSA) is 95.6 Å². The molecule has 6 nitrogen and oxygen atoms in total. The number of aromatic amines is 1. The molecule has 16 heavy (non-hydrogen) atoms. The molecule has 0 bridgehead atoms. The van der Waals surface area contributed by atoms with Crippen molar-refractivity contribution < 1.29 is 4.92 Å². The summed E-state index contributed by atoms with van der Waals surface area (Å²) in [5.74, 6) is 0.131. The minimum atomic E-state index is -0.564. The molecule has 1 aromatic heterocycles. The zero-order valence-electron chi connectivity index (χ0n) is 8.04. The third-order valence-corrected chi connectivity index (χ3v) is 2.06. The van der Waals surface area contributed by atoms with Gasteiger partial charge >= 0.3 is 5.82 Å². The Labute approximate surface area is 90.3 Å².